The maximum Gasteiger partial charge on any atom is 0.235 e. The molecule has 3 aromatic rings. The zero-order valence-corrected chi connectivity index (χ0v) is 18.8. The smallest absolute Gasteiger partial charge is 0.235 e. The maximum absolute atomic E-state index is 12.7. The molecule has 1 aromatic heterocycles. The summed E-state index contributed by atoms with van der Waals surface area (Å²) in [5.74, 6) is 7.28. The van der Waals surface area contributed by atoms with Crippen molar-refractivity contribution in [3.05, 3.63) is 58.6 Å². The molecule has 0 fully saturated rings. The zero-order chi connectivity index (χ0) is 21.7. The first kappa shape index (κ1) is 22.3. The van der Waals surface area contributed by atoms with E-state index in [0.29, 0.717) is 39.9 Å². The van der Waals surface area contributed by atoms with Crippen LogP contribution in [0, 0.1) is 0 Å². The quantitative estimate of drug-likeness (QED) is 0.399. The number of carbonyl (C=O) groups excluding carboxylic acids is 1. The highest BCUT2D eigenvalue weighted by Crippen LogP contribution is 2.26. The number of ether oxygens (including phenoxy) is 1. The van der Waals surface area contributed by atoms with Gasteiger partial charge in [-0.2, -0.15) is 0 Å². The molecule has 0 saturated carbocycles. The number of carbonyl (C=O) groups is 1. The van der Waals surface area contributed by atoms with E-state index in [1.165, 1.54) is 16.4 Å². The molecule has 158 valence electrons. The summed E-state index contributed by atoms with van der Waals surface area (Å²) < 4.78 is 7.02. The van der Waals surface area contributed by atoms with Crippen LogP contribution in [0.4, 0.5) is 0 Å². The van der Waals surface area contributed by atoms with Gasteiger partial charge in [0.15, 0.2) is 5.82 Å². The molecule has 2 N–H and O–H groups in total. The summed E-state index contributed by atoms with van der Waals surface area (Å²) in [7, 11) is 1.73. The third-order valence-electron chi connectivity index (χ3n) is 4.28. The third kappa shape index (κ3) is 5.59. The van der Waals surface area contributed by atoms with Crippen molar-refractivity contribution in [1.82, 2.24) is 19.8 Å². The fourth-order valence-electron chi connectivity index (χ4n) is 2.61. The lowest BCUT2D eigenvalue weighted by Gasteiger charge is -2.21. The highest BCUT2D eigenvalue weighted by atomic mass is 35.5. The van der Waals surface area contributed by atoms with Crippen molar-refractivity contribution in [1.29, 1.82) is 0 Å². The van der Waals surface area contributed by atoms with Gasteiger partial charge in [-0.3, -0.25) is 4.79 Å². The summed E-state index contributed by atoms with van der Waals surface area (Å²) in [5, 5.41) is 9.58. The van der Waals surface area contributed by atoms with Crippen LogP contribution in [-0.2, 0) is 4.79 Å². The van der Waals surface area contributed by atoms with Gasteiger partial charge >= 0.3 is 0 Å². The van der Waals surface area contributed by atoms with Gasteiger partial charge in [-0.05, 0) is 55.5 Å². The lowest BCUT2D eigenvalue weighted by molar-refractivity contribution is -0.129. The highest BCUT2D eigenvalue weighted by Gasteiger charge is 2.22. The fraction of sp³-hybridized carbons (Fsp3) is 0.250. The van der Waals surface area contributed by atoms with Gasteiger partial charge in [-0.15, -0.1) is 10.2 Å². The van der Waals surface area contributed by atoms with E-state index < -0.39 is 5.25 Å². The number of nitrogen functional groups attached to an aromatic ring is 1. The third-order valence-corrected chi connectivity index (χ3v) is 5.83. The molecule has 30 heavy (non-hydrogen) atoms. The van der Waals surface area contributed by atoms with Crippen LogP contribution >= 0.6 is 35.0 Å². The molecule has 0 saturated heterocycles. The molecule has 1 amide bonds. The molecule has 0 aliphatic rings. The number of thioether (sulfide) groups is 1. The van der Waals surface area contributed by atoms with E-state index in [1.54, 1.807) is 55.3 Å². The Morgan fingerprint density at radius 2 is 1.73 bits per heavy atom. The van der Waals surface area contributed by atoms with E-state index in [9.17, 15) is 4.79 Å². The molecule has 2 aromatic carbocycles. The largest absolute Gasteiger partial charge is 0.492 e. The molecule has 0 aliphatic heterocycles. The number of nitrogens with zero attached hydrogens (tertiary/aromatic N) is 4. The van der Waals surface area contributed by atoms with Crippen LogP contribution in [-0.4, -0.2) is 51.1 Å². The van der Waals surface area contributed by atoms with Crippen molar-refractivity contribution in [3.63, 3.8) is 0 Å². The van der Waals surface area contributed by atoms with Gasteiger partial charge in [-0.1, -0.05) is 35.0 Å². The second-order valence-electron chi connectivity index (χ2n) is 6.51. The standard InChI is InChI=1S/C20H21Cl2N5O2S/c1-13(19(28)26(2)11-12-29-17-9-7-16(22)8-10-17)30-20-25-24-18(27(20)23)14-3-5-15(21)6-4-14/h3-10,13H,11-12,23H2,1-2H3. The predicted octanol–water partition coefficient (Wildman–Crippen LogP) is 3.98. The van der Waals surface area contributed by atoms with Crippen LogP contribution in [0.3, 0.4) is 0 Å². The second-order valence-corrected chi connectivity index (χ2v) is 8.69. The molecule has 1 unspecified atom stereocenters. The topological polar surface area (TPSA) is 86.3 Å². The Morgan fingerprint density at radius 3 is 2.37 bits per heavy atom. The molecular formula is C20H21Cl2N5O2S. The second kappa shape index (κ2) is 10.1. The Bertz CT molecular complexity index is 995. The number of amides is 1. The first-order valence-corrected chi connectivity index (χ1v) is 10.7. The number of nitrogens with two attached hydrogens (primary N) is 1. The van der Waals surface area contributed by atoms with Crippen LogP contribution in [0.15, 0.2) is 53.7 Å². The molecule has 0 radical (unpaired) electrons. The number of benzene rings is 2. The zero-order valence-electron chi connectivity index (χ0n) is 16.5. The Labute approximate surface area is 189 Å². The average Bonchev–Trinajstić information content (AvgIpc) is 3.09. The Morgan fingerprint density at radius 1 is 1.13 bits per heavy atom. The minimum absolute atomic E-state index is 0.0595. The SMILES string of the molecule is CC(Sc1nnc(-c2ccc(Cl)cc2)n1N)C(=O)N(C)CCOc1ccc(Cl)cc1. The van der Waals surface area contributed by atoms with Crippen LogP contribution in [0.2, 0.25) is 10.0 Å². The summed E-state index contributed by atoms with van der Waals surface area (Å²) in [6.07, 6.45) is 0. The number of hydrogen-bond acceptors (Lipinski definition) is 6. The van der Waals surface area contributed by atoms with E-state index in [4.69, 9.17) is 33.8 Å². The van der Waals surface area contributed by atoms with Crippen molar-refractivity contribution >= 4 is 40.9 Å². The average molecular weight is 466 g/mol. The normalized spacial score (nSPS) is 11.9. The highest BCUT2D eigenvalue weighted by molar-refractivity contribution is 8.00. The molecule has 0 aliphatic carbocycles. The van der Waals surface area contributed by atoms with Crippen LogP contribution in [0.25, 0.3) is 11.4 Å². The van der Waals surface area contributed by atoms with Crippen molar-refractivity contribution in [2.45, 2.75) is 17.3 Å². The summed E-state index contributed by atoms with van der Waals surface area (Å²) >= 11 is 13.0. The van der Waals surface area contributed by atoms with Gasteiger partial charge in [0.2, 0.25) is 11.1 Å². The van der Waals surface area contributed by atoms with Crippen LogP contribution in [0.1, 0.15) is 6.92 Å². The summed E-state index contributed by atoms with van der Waals surface area (Å²) in [4.78, 5) is 14.3. The van der Waals surface area contributed by atoms with E-state index in [-0.39, 0.29) is 5.91 Å². The number of aromatic nitrogens is 3. The summed E-state index contributed by atoms with van der Waals surface area (Å²) in [6.45, 7) is 2.62. The van der Waals surface area contributed by atoms with Gasteiger partial charge in [-0.25, -0.2) is 4.68 Å². The molecular weight excluding hydrogens is 445 g/mol. The van der Waals surface area contributed by atoms with E-state index in [2.05, 4.69) is 10.2 Å². The fourth-order valence-corrected chi connectivity index (χ4v) is 3.75. The van der Waals surface area contributed by atoms with Crippen LogP contribution in [0.5, 0.6) is 5.75 Å². The van der Waals surface area contributed by atoms with Gasteiger partial charge in [0.25, 0.3) is 0 Å². The first-order valence-electron chi connectivity index (χ1n) is 9.11. The molecule has 0 spiro atoms. The molecule has 1 heterocycles. The predicted molar refractivity (Wildman–Crippen MR) is 121 cm³/mol. The molecule has 7 nitrogen and oxygen atoms in total. The lowest BCUT2D eigenvalue weighted by atomic mass is 10.2. The molecule has 10 heteroatoms. The Hall–Kier alpha value is -2.42. The maximum atomic E-state index is 12.7. The monoisotopic (exact) mass is 465 g/mol. The number of likely N-dealkylation sites (N-methyl/N-ethyl adjacent to an activating group) is 1. The summed E-state index contributed by atoms with van der Waals surface area (Å²) in [6, 6.07) is 14.2. The van der Waals surface area contributed by atoms with Gasteiger partial charge in [0, 0.05) is 22.7 Å². The van der Waals surface area contributed by atoms with E-state index in [1.807, 2.05) is 12.1 Å². The number of hydrogen-bond donors (Lipinski definition) is 1. The van der Waals surface area contributed by atoms with Crippen LogP contribution < -0.4 is 10.6 Å². The van der Waals surface area contributed by atoms with Crippen molar-refractivity contribution < 1.29 is 9.53 Å². The molecule has 0 bridgehead atoms. The minimum atomic E-state index is -0.393. The molecule has 1 atom stereocenters. The van der Waals surface area contributed by atoms with Crippen molar-refractivity contribution in [2.24, 2.45) is 0 Å². The van der Waals surface area contributed by atoms with E-state index in [0.717, 1.165) is 5.56 Å². The first-order chi connectivity index (χ1) is 14.3. The number of halogens is 2. The van der Waals surface area contributed by atoms with Gasteiger partial charge in [0.05, 0.1) is 11.8 Å². The van der Waals surface area contributed by atoms with E-state index >= 15 is 0 Å². The Kier molecular flexibility index (Phi) is 7.47. The van der Waals surface area contributed by atoms with Crippen molar-refractivity contribution in [2.75, 3.05) is 26.0 Å². The number of rotatable bonds is 8. The van der Waals surface area contributed by atoms with Gasteiger partial charge in [0.1, 0.15) is 12.4 Å². The molecule has 3 rings (SSSR count). The van der Waals surface area contributed by atoms with Crippen molar-refractivity contribution in [3.8, 4) is 17.1 Å². The summed E-state index contributed by atoms with van der Waals surface area (Å²) in [5.41, 5.74) is 0.789. The minimum Gasteiger partial charge on any atom is -0.492 e. The Balaban J connectivity index is 1.54. The lowest BCUT2D eigenvalue weighted by Crippen LogP contribution is -2.36. The van der Waals surface area contributed by atoms with Gasteiger partial charge < -0.3 is 15.5 Å².